The summed E-state index contributed by atoms with van der Waals surface area (Å²) >= 11 is 0. The predicted octanol–water partition coefficient (Wildman–Crippen LogP) is 2.24. The number of guanidine groups is 1. The standard InChI is InChI=1S/C21H41N7O/c1-5-6-7-8-10-18(2)24-21(23-17-20-26-25-19(3)27(20)4)22-11-9-12-28-13-15-29-16-14-28/h18H,5-17H2,1-4H3,(H2,22,23,24). The van der Waals surface area contributed by atoms with Crippen molar-refractivity contribution in [2.45, 2.75) is 71.9 Å². The zero-order valence-corrected chi connectivity index (χ0v) is 18.9. The Balaban J connectivity index is 1.82. The lowest BCUT2D eigenvalue weighted by Crippen LogP contribution is -2.43. The summed E-state index contributed by atoms with van der Waals surface area (Å²) in [5.41, 5.74) is 0. The first-order valence-electron chi connectivity index (χ1n) is 11.3. The zero-order chi connectivity index (χ0) is 20.9. The van der Waals surface area contributed by atoms with Crippen LogP contribution in [0, 0.1) is 6.92 Å². The summed E-state index contributed by atoms with van der Waals surface area (Å²) in [7, 11) is 1.99. The van der Waals surface area contributed by atoms with E-state index < -0.39 is 0 Å². The number of ether oxygens (including phenoxy) is 1. The maximum atomic E-state index is 5.42. The molecule has 1 saturated heterocycles. The monoisotopic (exact) mass is 407 g/mol. The van der Waals surface area contributed by atoms with Crippen molar-refractivity contribution in [3.8, 4) is 0 Å². The summed E-state index contributed by atoms with van der Waals surface area (Å²) in [5, 5.41) is 15.4. The van der Waals surface area contributed by atoms with Crippen LogP contribution in [0.5, 0.6) is 0 Å². The van der Waals surface area contributed by atoms with Crippen LogP contribution in [0.3, 0.4) is 0 Å². The maximum absolute atomic E-state index is 5.42. The number of hydrogen-bond acceptors (Lipinski definition) is 5. The molecule has 1 atom stereocenters. The van der Waals surface area contributed by atoms with Crippen molar-refractivity contribution in [2.75, 3.05) is 39.4 Å². The average molecular weight is 408 g/mol. The fourth-order valence-electron chi connectivity index (χ4n) is 3.41. The summed E-state index contributed by atoms with van der Waals surface area (Å²) in [6, 6.07) is 0.401. The van der Waals surface area contributed by atoms with Crippen molar-refractivity contribution >= 4 is 5.96 Å². The van der Waals surface area contributed by atoms with Crippen LogP contribution in [0.2, 0.25) is 0 Å². The van der Waals surface area contributed by atoms with Gasteiger partial charge in [0.1, 0.15) is 12.4 Å². The minimum absolute atomic E-state index is 0.401. The summed E-state index contributed by atoms with van der Waals surface area (Å²) in [5.74, 6) is 2.66. The third-order valence-corrected chi connectivity index (χ3v) is 5.48. The minimum atomic E-state index is 0.401. The van der Waals surface area contributed by atoms with Crippen LogP contribution in [0.15, 0.2) is 4.99 Å². The molecule has 2 rings (SSSR count). The van der Waals surface area contributed by atoms with E-state index in [1.807, 2.05) is 18.5 Å². The normalized spacial score (nSPS) is 16.8. The second-order valence-corrected chi connectivity index (χ2v) is 8.02. The molecule has 0 spiro atoms. The van der Waals surface area contributed by atoms with E-state index in [4.69, 9.17) is 9.73 Å². The van der Waals surface area contributed by atoms with E-state index in [1.165, 1.54) is 25.7 Å². The van der Waals surface area contributed by atoms with Crippen LogP contribution >= 0.6 is 0 Å². The van der Waals surface area contributed by atoms with E-state index in [-0.39, 0.29) is 0 Å². The molecule has 0 radical (unpaired) electrons. The fourth-order valence-corrected chi connectivity index (χ4v) is 3.41. The number of nitrogens with one attached hydrogen (secondary N) is 2. The number of hydrogen-bond donors (Lipinski definition) is 2. The maximum Gasteiger partial charge on any atom is 0.191 e. The number of aromatic nitrogens is 3. The smallest absolute Gasteiger partial charge is 0.191 e. The van der Waals surface area contributed by atoms with Crippen molar-refractivity contribution in [1.29, 1.82) is 0 Å². The minimum Gasteiger partial charge on any atom is -0.379 e. The van der Waals surface area contributed by atoms with E-state index in [9.17, 15) is 0 Å². The third kappa shape index (κ3) is 9.12. The van der Waals surface area contributed by atoms with Gasteiger partial charge in [-0.05, 0) is 33.2 Å². The van der Waals surface area contributed by atoms with Crippen molar-refractivity contribution in [3.05, 3.63) is 11.6 Å². The number of aryl methyl sites for hydroxylation is 1. The van der Waals surface area contributed by atoms with Crippen LogP contribution in [0.1, 0.15) is 64.0 Å². The lowest BCUT2D eigenvalue weighted by Gasteiger charge is -2.26. The number of rotatable bonds is 12. The van der Waals surface area contributed by atoms with Crippen molar-refractivity contribution in [3.63, 3.8) is 0 Å². The highest BCUT2D eigenvalue weighted by Gasteiger charge is 2.11. The highest BCUT2D eigenvalue weighted by molar-refractivity contribution is 5.80. The Hall–Kier alpha value is -1.67. The van der Waals surface area contributed by atoms with E-state index in [2.05, 4.69) is 39.6 Å². The molecule has 0 amide bonds. The number of morpholine rings is 1. The van der Waals surface area contributed by atoms with Crippen LogP contribution < -0.4 is 10.6 Å². The summed E-state index contributed by atoms with van der Waals surface area (Å²) in [6.45, 7) is 12.8. The molecule has 1 aliphatic heterocycles. The molecule has 8 nitrogen and oxygen atoms in total. The van der Waals surface area contributed by atoms with Crippen molar-refractivity contribution in [1.82, 2.24) is 30.3 Å². The van der Waals surface area contributed by atoms with E-state index in [1.54, 1.807) is 0 Å². The summed E-state index contributed by atoms with van der Waals surface area (Å²) in [6.07, 6.45) is 7.41. The average Bonchev–Trinajstić information content (AvgIpc) is 3.05. The molecule has 1 aliphatic rings. The van der Waals surface area contributed by atoms with E-state index in [0.29, 0.717) is 12.6 Å². The van der Waals surface area contributed by atoms with Gasteiger partial charge in [-0.25, -0.2) is 4.99 Å². The van der Waals surface area contributed by atoms with Gasteiger partial charge in [-0.15, -0.1) is 10.2 Å². The molecule has 1 aromatic rings. The Morgan fingerprint density at radius 1 is 1.17 bits per heavy atom. The van der Waals surface area contributed by atoms with Gasteiger partial charge in [0.15, 0.2) is 11.8 Å². The topological polar surface area (TPSA) is 79.6 Å². The highest BCUT2D eigenvalue weighted by atomic mass is 16.5. The Labute approximate surface area is 176 Å². The van der Waals surface area contributed by atoms with Crippen molar-refractivity contribution in [2.24, 2.45) is 12.0 Å². The second-order valence-electron chi connectivity index (χ2n) is 8.02. The molecule has 1 unspecified atom stereocenters. The molecular weight excluding hydrogens is 366 g/mol. The molecule has 166 valence electrons. The van der Waals surface area contributed by atoms with Crippen LogP contribution in [-0.4, -0.2) is 71.1 Å². The molecule has 0 bridgehead atoms. The van der Waals surface area contributed by atoms with Crippen LogP contribution in [0.4, 0.5) is 0 Å². The Kier molecular flexibility index (Phi) is 11.0. The van der Waals surface area contributed by atoms with E-state index >= 15 is 0 Å². The van der Waals surface area contributed by atoms with Crippen molar-refractivity contribution < 1.29 is 4.74 Å². The van der Waals surface area contributed by atoms with Crippen LogP contribution in [0.25, 0.3) is 0 Å². The molecule has 1 aromatic heterocycles. The molecule has 8 heteroatoms. The van der Waals surface area contributed by atoms with Gasteiger partial charge >= 0.3 is 0 Å². The predicted molar refractivity (Wildman–Crippen MR) is 118 cm³/mol. The van der Waals surface area contributed by atoms with Crippen LogP contribution in [-0.2, 0) is 18.3 Å². The molecular formula is C21H41N7O. The molecule has 0 aromatic carbocycles. The first-order valence-corrected chi connectivity index (χ1v) is 11.3. The van der Waals surface area contributed by atoms with Gasteiger partial charge in [0, 0.05) is 32.7 Å². The van der Waals surface area contributed by atoms with Gasteiger partial charge in [-0.2, -0.15) is 0 Å². The van der Waals surface area contributed by atoms with Gasteiger partial charge in [0.05, 0.1) is 13.2 Å². The van der Waals surface area contributed by atoms with Gasteiger partial charge in [-0.3, -0.25) is 4.90 Å². The lowest BCUT2D eigenvalue weighted by atomic mass is 10.1. The van der Waals surface area contributed by atoms with Gasteiger partial charge in [-0.1, -0.05) is 32.6 Å². The lowest BCUT2D eigenvalue weighted by molar-refractivity contribution is 0.0376. The van der Waals surface area contributed by atoms with Gasteiger partial charge < -0.3 is 19.9 Å². The molecule has 1 fully saturated rings. The highest BCUT2D eigenvalue weighted by Crippen LogP contribution is 2.06. The fraction of sp³-hybridized carbons (Fsp3) is 0.857. The Bertz CT molecular complexity index is 596. The molecule has 0 saturated carbocycles. The van der Waals surface area contributed by atoms with Gasteiger partial charge in [0.25, 0.3) is 0 Å². The second kappa shape index (κ2) is 13.5. The SMILES string of the molecule is CCCCCCC(C)NC(=NCc1nnc(C)n1C)NCCCN1CCOCC1. The Morgan fingerprint density at radius 3 is 2.66 bits per heavy atom. The zero-order valence-electron chi connectivity index (χ0n) is 18.9. The molecule has 2 N–H and O–H groups in total. The quantitative estimate of drug-likeness (QED) is 0.314. The number of unbranched alkanes of at least 4 members (excludes halogenated alkanes) is 3. The third-order valence-electron chi connectivity index (χ3n) is 5.48. The molecule has 2 heterocycles. The summed E-state index contributed by atoms with van der Waals surface area (Å²) < 4.78 is 7.42. The van der Waals surface area contributed by atoms with E-state index in [0.717, 1.165) is 69.8 Å². The molecule has 0 aliphatic carbocycles. The first-order chi connectivity index (χ1) is 14.1. The number of aliphatic imine (C=N–C) groups is 1. The van der Waals surface area contributed by atoms with Gasteiger partial charge in [0.2, 0.25) is 0 Å². The molecule has 29 heavy (non-hydrogen) atoms. The first kappa shape index (κ1) is 23.6. The largest absolute Gasteiger partial charge is 0.379 e. The number of nitrogens with zero attached hydrogens (tertiary/aromatic N) is 5. The summed E-state index contributed by atoms with van der Waals surface area (Å²) in [4.78, 5) is 7.24. The Morgan fingerprint density at radius 2 is 1.97 bits per heavy atom.